The Balaban J connectivity index is 1.60. The van der Waals surface area contributed by atoms with Crippen molar-refractivity contribution in [2.24, 2.45) is 0 Å². The molecular weight excluding hydrogens is 300 g/mol. The number of aliphatic hydroxyl groups excluding tert-OH is 1. The van der Waals surface area contributed by atoms with Crippen LogP contribution < -0.4 is 0 Å². The van der Waals surface area contributed by atoms with Crippen LogP contribution in [0.25, 0.3) is 0 Å². The zero-order valence-electron chi connectivity index (χ0n) is 14.1. The van der Waals surface area contributed by atoms with Crippen molar-refractivity contribution in [2.45, 2.75) is 38.2 Å². The Morgan fingerprint density at radius 1 is 1.25 bits per heavy atom. The van der Waals surface area contributed by atoms with Gasteiger partial charge in [0.25, 0.3) is 5.91 Å². The van der Waals surface area contributed by atoms with E-state index in [9.17, 15) is 9.90 Å². The molecule has 1 unspecified atom stereocenters. The van der Waals surface area contributed by atoms with Crippen LogP contribution in [0.3, 0.4) is 0 Å². The van der Waals surface area contributed by atoms with E-state index in [1.807, 2.05) is 36.4 Å². The van der Waals surface area contributed by atoms with E-state index in [0.717, 1.165) is 24.1 Å². The van der Waals surface area contributed by atoms with Crippen molar-refractivity contribution >= 4 is 5.91 Å². The topological polar surface area (TPSA) is 53.4 Å². The predicted octanol–water partition coefficient (Wildman–Crippen LogP) is 3.16. The number of aliphatic hydroxyl groups is 1. The molecule has 1 amide bonds. The van der Waals surface area contributed by atoms with E-state index >= 15 is 0 Å². The number of amides is 1. The molecule has 1 heterocycles. The quantitative estimate of drug-likeness (QED) is 0.919. The Morgan fingerprint density at radius 2 is 2.00 bits per heavy atom. The molecule has 24 heavy (non-hydrogen) atoms. The number of carbonyl (C=O) groups is 1. The summed E-state index contributed by atoms with van der Waals surface area (Å²) in [6.45, 7) is 0.506. The second-order valence-corrected chi connectivity index (χ2v) is 6.48. The summed E-state index contributed by atoms with van der Waals surface area (Å²) in [5.74, 6) is -0.0314. The first-order valence-electron chi connectivity index (χ1n) is 8.61. The molecule has 0 saturated heterocycles. The van der Waals surface area contributed by atoms with Gasteiger partial charge in [0.1, 0.15) is 0 Å². The monoisotopic (exact) mass is 324 g/mol. The fraction of sp³-hybridized carbons (Fsp3) is 0.400. The second-order valence-electron chi connectivity index (χ2n) is 6.48. The van der Waals surface area contributed by atoms with E-state index in [0.29, 0.717) is 18.5 Å². The lowest BCUT2D eigenvalue weighted by atomic mass is 9.95. The molecule has 1 aromatic heterocycles. The minimum atomic E-state index is -0.553. The molecule has 4 heteroatoms. The SMILES string of the molecule is CN(CCC(O)c1ccccc1)C(=O)c1cnc2c(c1)CCCC2. The van der Waals surface area contributed by atoms with Crippen LogP contribution in [0, 0.1) is 0 Å². The molecule has 1 aliphatic carbocycles. The average molecular weight is 324 g/mol. The van der Waals surface area contributed by atoms with Gasteiger partial charge in [-0.2, -0.15) is 0 Å². The van der Waals surface area contributed by atoms with Crippen molar-refractivity contribution in [1.29, 1.82) is 0 Å². The third-order valence-corrected chi connectivity index (χ3v) is 4.69. The number of fused-ring (bicyclic) bond motifs is 1. The number of aryl methyl sites for hydroxylation is 2. The Labute approximate surface area is 143 Å². The standard InChI is InChI=1S/C20H24N2O2/c1-22(12-11-19(23)15-7-3-2-4-8-15)20(24)17-13-16-9-5-6-10-18(16)21-14-17/h2-4,7-8,13-14,19,23H,5-6,9-12H2,1H3. The van der Waals surface area contributed by atoms with Crippen molar-refractivity contribution in [1.82, 2.24) is 9.88 Å². The van der Waals surface area contributed by atoms with Gasteiger partial charge in [-0.3, -0.25) is 9.78 Å². The Morgan fingerprint density at radius 3 is 2.79 bits per heavy atom. The summed E-state index contributed by atoms with van der Waals surface area (Å²) in [6.07, 6.45) is 6.04. The number of aromatic nitrogens is 1. The number of carbonyl (C=O) groups excluding carboxylic acids is 1. The highest BCUT2D eigenvalue weighted by Gasteiger charge is 2.17. The fourth-order valence-corrected chi connectivity index (χ4v) is 3.18. The molecule has 0 spiro atoms. The number of hydrogen-bond acceptors (Lipinski definition) is 3. The van der Waals surface area contributed by atoms with Crippen LogP contribution in [0.1, 0.15) is 52.5 Å². The van der Waals surface area contributed by atoms with Gasteiger partial charge in [-0.15, -0.1) is 0 Å². The summed E-state index contributed by atoms with van der Waals surface area (Å²) in [6, 6.07) is 11.5. The maximum atomic E-state index is 12.6. The van der Waals surface area contributed by atoms with Crippen molar-refractivity contribution < 1.29 is 9.90 Å². The summed E-state index contributed by atoms with van der Waals surface area (Å²) in [7, 11) is 1.78. The second kappa shape index (κ2) is 7.58. The van der Waals surface area contributed by atoms with Crippen LogP contribution in [0.15, 0.2) is 42.6 Å². The molecule has 3 rings (SSSR count). The number of pyridine rings is 1. The van der Waals surface area contributed by atoms with Gasteiger partial charge in [0.05, 0.1) is 11.7 Å². The van der Waals surface area contributed by atoms with Crippen LogP contribution in [-0.2, 0) is 12.8 Å². The van der Waals surface area contributed by atoms with E-state index in [-0.39, 0.29) is 5.91 Å². The van der Waals surface area contributed by atoms with Gasteiger partial charge >= 0.3 is 0 Å². The first kappa shape index (κ1) is 16.7. The third kappa shape index (κ3) is 3.82. The lowest BCUT2D eigenvalue weighted by Gasteiger charge is -2.21. The van der Waals surface area contributed by atoms with Crippen molar-refractivity contribution in [2.75, 3.05) is 13.6 Å². The minimum Gasteiger partial charge on any atom is -0.388 e. The largest absolute Gasteiger partial charge is 0.388 e. The molecule has 126 valence electrons. The first-order chi connectivity index (χ1) is 11.6. The van der Waals surface area contributed by atoms with E-state index in [1.165, 1.54) is 18.4 Å². The molecule has 0 aliphatic heterocycles. The maximum absolute atomic E-state index is 12.6. The molecule has 0 fully saturated rings. The molecule has 0 saturated carbocycles. The highest BCUT2D eigenvalue weighted by Crippen LogP contribution is 2.21. The van der Waals surface area contributed by atoms with E-state index < -0.39 is 6.10 Å². The lowest BCUT2D eigenvalue weighted by Crippen LogP contribution is -2.29. The zero-order chi connectivity index (χ0) is 16.9. The average Bonchev–Trinajstić information content (AvgIpc) is 2.65. The molecule has 1 aliphatic rings. The molecule has 0 radical (unpaired) electrons. The van der Waals surface area contributed by atoms with E-state index in [2.05, 4.69) is 4.98 Å². The Kier molecular flexibility index (Phi) is 5.26. The van der Waals surface area contributed by atoms with Crippen LogP contribution >= 0.6 is 0 Å². The summed E-state index contributed by atoms with van der Waals surface area (Å²) in [5.41, 5.74) is 3.88. The van der Waals surface area contributed by atoms with Gasteiger partial charge in [-0.05, 0) is 49.3 Å². The van der Waals surface area contributed by atoms with Gasteiger partial charge in [0, 0.05) is 25.5 Å². The zero-order valence-corrected chi connectivity index (χ0v) is 14.1. The van der Waals surface area contributed by atoms with Gasteiger partial charge in [0.2, 0.25) is 0 Å². The molecule has 1 N–H and O–H groups in total. The van der Waals surface area contributed by atoms with E-state index in [4.69, 9.17) is 0 Å². The minimum absolute atomic E-state index is 0.0314. The summed E-state index contributed by atoms with van der Waals surface area (Å²) in [5, 5.41) is 10.2. The lowest BCUT2D eigenvalue weighted by molar-refractivity contribution is 0.0760. The number of rotatable bonds is 5. The fourth-order valence-electron chi connectivity index (χ4n) is 3.18. The van der Waals surface area contributed by atoms with Crippen molar-refractivity contribution in [3.63, 3.8) is 0 Å². The number of benzene rings is 1. The summed E-state index contributed by atoms with van der Waals surface area (Å²) < 4.78 is 0. The molecule has 1 atom stereocenters. The van der Waals surface area contributed by atoms with Gasteiger partial charge in [-0.25, -0.2) is 0 Å². The predicted molar refractivity (Wildman–Crippen MR) is 93.9 cm³/mol. The normalized spacial score (nSPS) is 14.8. The first-order valence-corrected chi connectivity index (χ1v) is 8.61. The smallest absolute Gasteiger partial charge is 0.255 e. The number of nitrogens with zero attached hydrogens (tertiary/aromatic N) is 2. The molecule has 0 bridgehead atoms. The van der Waals surface area contributed by atoms with Crippen LogP contribution in [-0.4, -0.2) is 34.5 Å². The van der Waals surface area contributed by atoms with Gasteiger partial charge in [0.15, 0.2) is 0 Å². The summed E-state index contributed by atoms with van der Waals surface area (Å²) in [4.78, 5) is 18.7. The summed E-state index contributed by atoms with van der Waals surface area (Å²) >= 11 is 0. The van der Waals surface area contributed by atoms with Gasteiger partial charge in [-0.1, -0.05) is 30.3 Å². The molecular formula is C20H24N2O2. The van der Waals surface area contributed by atoms with Gasteiger partial charge < -0.3 is 10.0 Å². The van der Waals surface area contributed by atoms with Crippen molar-refractivity contribution in [3.8, 4) is 0 Å². The van der Waals surface area contributed by atoms with Crippen LogP contribution in [0.2, 0.25) is 0 Å². The Bertz CT molecular complexity index is 700. The number of hydrogen-bond donors (Lipinski definition) is 1. The van der Waals surface area contributed by atoms with Crippen molar-refractivity contribution in [3.05, 3.63) is 65.0 Å². The third-order valence-electron chi connectivity index (χ3n) is 4.69. The van der Waals surface area contributed by atoms with E-state index in [1.54, 1.807) is 18.1 Å². The Hall–Kier alpha value is -2.20. The maximum Gasteiger partial charge on any atom is 0.255 e. The molecule has 2 aromatic rings. The molecule has 4 nitrogen and oxygen atoms in total. The highest BCUT2D eigenvalue weighted by molar-refractivity contribution is 5.94. The van der Waals surface area contributed by atoms with Crippen LogP contribution in [0.4, 0.5) is 0 Å². The highest BCUT2D eigenvalue weighted by atomic mass is 16.3. The van der Waals surface area contributed by atoms with Crippen LogP contribution in [0.5, 0.6) is 0 Å². The molecule has 1 aromatic carbocycles.